The molecule has 0 spiro atoms. The summed E-state index contributed by atoms with van der Waals surface area (Å²) in [5, 5.41) is 12.9. The molecular formula is C22H23N5S2. The summed E-state index contributed by atoms with van der Waals surface area (Å²) >= 11 is 7.17. The van der Waals surface area contributed by atoms with E-state index in [4.69, 9.17) is 12.2 Å². The van der Waals surface area contributed by atoms with E-state index in [0.717, 1.165) is 51.5 Å². The van der Waals surface area contributed by atoms with E-state index in [9.17, 15) is 0 Å². The largest absolute Gasteiger partial charge is 0.383 e. The standard InChI is InChI=1S/C22H23N5S2/c1-3-21-27-18-9-8-15(13-20(18)29-21)26-22(28)24-11-10-23-19-12-14(2)25-17-7-5-4-6-16(17)19/h4-9,12-13H,3,10-11H2,1-2H3,(H,23,25)(H2,24,26,28). The minimum atomic E-state index is 0.613. The van der Waals surface area contributed by atoms with E-state index in [1.165, 1.54) is 4.70 Å². The number of aryl methyl sites for hydroxylation is 2. The van der Waals surface area contributed by atoms with Crippen LogP contribution in [0, 0.1) is 6.92 Å². The molecule has 0 unspecified atom stereocenters. The Balaban J connectivity index is 1.31. The van der Waals surface area contributed by atoms with Gasteiger partial charge in [-0.15, -0.1) is 11.3 Å². The third-order valence-electron chi connectivity index (χ3n) is 4.56. The van der Waals surface area contributed by atoms with E-state index in [-0.39, 0.29) is 0 Å². The zero-order valence-electron chi connectivity index (χ0n) is 16.5. The third-order valence-corrected chi connectivity index (χ3v) is 5.97. The zero-order chi connectivity index (χ0) is 20.2. The fourth-order valence-electron chi connectivity index (χ4n) is 3.20. The van der Waals surface area contributed by atoms with Crippen molar-refractivity contribution in [3.05, 3.63) is 59.2 Å². The van der Waals surface area contributed by atoms with E-state index in [1.807, 2.05) is 37.3 Å². The lowest BCUT2D eigenvalue weighted by Gasteiger charge is -2.13. The molecule has 2 heterocycles. The van der Waals surface area contributed by atoms with Crippen LogP contribution in [0.15, 0.2) is 48.5 Å². The molecule has 4 rings (SSSR count). The zero-order valence-corrected chi connectivity index (χ0v) is 18.1. The lowest BCUT2D eigenvalue weighted by Crippen LogP contribution is -2.32. The molecule has 0 aliphatic rings. The molecule has 0 aliphatic heterocycles. The van der Waals surface area contributed by atoms with Crippen LogP contribution in [-0.2, 0) is 6.42 Å². The molecule has 0 bridgehead atoms. The fourth-order valence-corrected chi connectivity index (χ4v) is 4.37. The molecule has 29 heavy (non-hydrogen) atoms. The Bertz CT molecular complexity index is 1170. The van der Waals surface area contributed by atoms with Crippen molar-refractivity contribution in [3.8, 4) is 0 Å². The van der Waals surface area contributed by atoms with Gasteiger partial charge in [-0.3, -0.25) is 4.98 Å². The van der Waals surface area contributed by atoms with E-state index >= 15 is 0 Å². The van der Waals surface area contributed by atoms with Gasteiger partial charge in [-0.25, -0.2) is 4.98 Å². The molecule has 0 amide bonds. The van der Waals surface area contributed by atoms with Gasteiger partial charge in [0.1, 0.15) is 0 Å². The van der Waals surface area contributed by atoms with Crippen LogP contribution in [0.5, 0.6) is 0 Å². The number of nitrogens with zero attached hydrogens (tertiary/aromatic N) is 2. The number of rotatable bonds is 6. The summed E-state index contributed by atoms with van der Waals surface area (Å²) in [7, 11) is 0. The number of pyridine rings is 1. The second-order valence-corrected chi connectivity index (χ2v) is 8.30. The predicted molar refractivity (Wildman–Crippen MR) is 128 cm³/mol. The molecular weight excluding hydrogens is 398 g/mol. The molecule has 148 valence electrons. The second kappa shape index (κ2) is 8.71. The maximum absolute atomic E-state index is 5.44. The molecule has 0 aliphatic carbocycles. The first kappa shape index (κ1) is 19.5. The maximum Gasteiger partial charge on any atom is 0.170 e. The number of hydrogen-bond donors (Lipinski definition) is 3. The molecule has 5 nitrogen and oxygen atoms in total. The summed E-state index contributed by atoms with van der Waals surface area (Å²) in [5.74, 6) is 0. The van der Waals surface area contributed by atoms with Crippen molar-refractivity contribution in [1.29, 1.82) is 0 Å². The molecule has 2 aromatic heterocycles. The molecule has 0 radical (unpaired) electrons. The van der Waals surface area contributed by atoms with Crippen molar-refractivity contribution in [2.24, 2.45) is 0 Å². The quantitative estimate of drug-likeness (QED) is 0.297. The summed E-state index contributed by atoms with van der Waals surface area (Å²) in [6, 6.07) is 16.4. The Morgan fingerprint density at radius 2 is 1.90 bits per heavy atom. The van der Waals surface area contributed by atoms with Gasteiger partial charge in [0.05, 0.1) is 20.7 Å². The second-order valence-electron chi connectivity index (χ2n) is 6.78. The summed E-state index contributed by atoms with van der Waals surface area (Å²) in [5.41, 5.74) is 5.12. The number of nitrogens with one attached hydrogen (secondary N) is 3. The highest BCUT2D eigenvalue weighted by Gasteiger charge is 2.05. The Hall–Kier alpha value is -2.77. The van der Waals surface area contributed by atoms with Gasteiger partial charge in [0.25, 0.3) is 0 Å². The van der Waals surface area contributed by atoms with Crippen molar-refractivity contribution in [1.82, 2.24) is 15.3 Å². The minimum Gasteiger partial charge on any atom is -0.383 e. The van der Waals surface area contributed by atoms with Gasteiger partial charge >= 0.3 is 0 Å². The van der Waals surface area contributed by atoms with Gasteiger partial charge in [0, 0.05) is 35.5 Å². The van der Waals surface area contributed by atoms with Crippen LogP contribution < -0.4 is 16.0 Å². The van der Waals surface area contributed by atoms with Gasteiger partial charge in [-0.05, 0) is 55.9 Å². The Morgan fingerprint density at radius 1 is 1.03 bits per heavy atom. The Morgan fingerprint density at radius 3 is 2.76 bits per heavy atom. The third kappa shape index (κ3) is 4.63. The first-order valence-corrected chi connectivity index (χ1v) is 10.9. The van der Waals surface area contributed by atoms with Crippen LogP contribution in [-0.4, -0.2) is 28.2 Å². The van der Waals surface area contributed by atoms with Crippen LogP contribution in [0.1, 0.15) is 17.6 Å². The monoisotopic (exact) mass is 421 g/mol. The van der Waals surface area contributed by atoms with Crippen molar-refractivity contribution in [3.63, 3.8) is 0 Å². The number of anilines is 2. The molecule has 0 saturated carbocycles. The Kier molecular flexibility index (Phi) is 5.87. The van der Waals surface area contributed by atoms with Crippen LogP contribution in [0.3, 0.4) is 0 Å². The number of thiocarbonyl (C=S) groups is 1. The SMILES string of the molecule is CCc1nc2ccc(NC(=S)NCCNc3cc(C)nc4ccccc34)cc2s1. The van der Waals surface area contributed by atoms with Gasteiger partial charge in [0.15, 0.2) is 5.11 Å². The smallest absolute Gasteiger partial charge is 0.170 e. The summed E-state index contributed by atoms with van der Waals surface area (Å²) in [6.45, 7) is 5.60. The molecule has 4 aromatic rings. The van der Waals surface area contributed by atoms with Crippen LogP contribution in [0.25, 0.3) is 21.1 Å². The minimum absolute atomic E-state index is 0.613. The van der Waals surface area contributed by atoms with Crippen LogP contribution in [0.2, 0.25) is 0 Å². The van der Waals surface area contributed by atoms with Crippen molar-refractivity contribution in [2.45, 2.75) is 20.3 Å². The highest BCUT2D eigenvalue weighted by Crippen LogP contribution is 2.25. The van der Waals surface area contributed by atoms with Crippen molar-refractivity contribution < 1.29 is 0 Å². The topological polar surface area (TPSA) is 61.9 Å². The molecule has 7 heteroatoms. The lowest BCUT2D eigenvalue weighted by molar-refractivity contribution is 0.916. The molecule has 0 saturated heterocycles. The van der Waals surface area contributed by atoms with E-state index in [0.29, 0.717) is 11.7 Å². The van der Waals surface area contributed by atoms with Crippen molar-refractivity contribution in [2.75, 3.05) is 23.7 Å². The lowest BCUT2D eigenvalue weighted by atomic mass is 10.1. The predicted octanol–water partition coefficient (Wildman–Crippen LogP) is 5.11. The summed E-state index contributed by atoms with van der Waals surface area (Å²) in [4.78, 5) is 9.18. The number of para-hydroxylation sites is 1. The van der Waals surface area contributed by atoms with E-state index in [2.05, 4.69) is 51.0 Å². The average molecular weight is 422 g/mol. The average Bonchev–Trinajstić information content (AvgIpc) is 3.13. The Labute approximate surface area is 179 Å². The normalized spacial score (nSPS) is 11.0. The number of benzene rings is 2. The molecule has 0 atom stereocenters. The molecule has 0 fully saturated rings. The number of fused-ring (bicyclic) bond motifs is 2. The number of thiazole rings is 1. The van der Waals surface area contributed by atoms with Gasteiger partial charge in [0.2, 0.25) is 0 Å². The van der Waals surface area contributed by atoms with Crippen LogP contribution >= 0.6 is 23.6 Å². The van der Waals surface area contributed by atoms with E-state index < -0.39 is 0 Å². The van der Waals surface area contributed by atoms with Gasteiger partial charge in [-0.2, -0.15) is 0 Å². The summed E-state index contributed by atoms with van der Waals surface area (Å²) < 4.78 is 1.18. The number of hydrogen-bond acceptors (Lipinski definition) is 5. The van der Waals surface area contributed by atoms with Crippen LogP contribution in [0.4, 0.5) is 11.4 Å². The highest BCUT2D eigenvalue weighted by atomic mass is 32.1. The highest BCUT2D eigenvalue weighted by molar-refractivity contribution is 7.80. The summed E-state index contributed by atoms with van der Waals surface area (Å²) in [6.07, 6.45) is 0.960. The van der Waals surface area contributed by atoms with E-state index in [1.54, 1.807) is 11.3 Å². The molecule has 3 N–H and O–H groups in total. The first-order chi connectivity index (χ1) is 14.1. The fraction of sp³-hybridized carbons (Fsp3) is 0.227. The number of aromatic nitrogens is 2. The van der Waals surface area contributed by atoms with Gasteiger partial charge < -0.3 is 16.0 Å². The van der Waals surface area contributed by atoms with Gasteiger partial charge in [-0.1, -0.05) is 25.1 Å². The molecule has 2 aromatic carbocycles. The van der Waals surface area contributed by atoms with Crippen molar-refractivity contribution >= 4 is 61.2 Å². The maximum atomic E-state index is 5.44. The first-order valence-electron chi connectivity index (χ1n) is 9.67.